The van der Waals surface area contributed by atoms with E-state index in [2.05, 4.69) is 29.7 Å². The lowest BCUT2D eigenvalue weighted by Crippen LogP contribution is -2.32. The fourth-order valence-corrected chi connectivity index (χ4v) is 2.30. The fraction of sp³-hybridized carbons (Fsp3) is 0.286. The van der Waals surface area contributed by atoms with E-state index in [1.807, 2.05) is 39.8 Å². The maximum absolute atomic E-state index is 11.8. The number of nitrogens with zero attached hydrogens (tertiary/aromatic N) is 1. The molecule has 2 aromatic carbocycles. The number of hydrogen-bond acceptors (Lipinski definition) is 3. The quantitative estimate of drug-likeness (QED) is 0.497. The van der Waals surface area contributed by atoms with E-state index < -0.39 is 11.8 Å². The SMILES string of the molecule is CC.Cc1cc(C=NNC(=O)C(=O)Nc2ccccc2)c(C)c(C)c1C. The van der Waals surface area contributed by atoms with Crippen molar-refractivity contribution in [2.24, 2.45) is 5.10 Å². The number of rotatable bonds is 3. The Bertz CT molecular complexity index is 797. The lowest BCUT2D eigenvalue weighted by atomic mass is 9.95. The summed E-state index contributed by atoms with van der Waals surface area (Å²) in [5.41, 5.74) is 8.43. The van der Waals surface area contributed by atoms with E-state index in [1.165, 1.54) is 11.1 Å². The summed E-state index contributed by atoms with van der Waals surface area (Å²) in [6.07, 6.45) is 1.56. The minimum atomic E-state index is -0.812. The molecule has 26 heavy (non-hydrogen) atoms. The molecule has 0 saturated heterocycles. The van der Waals surface area contributed by atoms with Crippen LogP contribution in [0.25, 0.3) is 0 Å². The molecule has 0 spiro atoms. The van der Waals surface area contributed by atoms with Crippen molar-refractivity contribution >= 4 is 23.7 Å². The lowest BCUT2D eigenvalue weighted by molar-refractivity contribution is -0.136. The van der Waals surface area contributed by atoms with Gasteiger partial charge >= 0.3 is 11.8 Å². The molecule has 2 aromatic rings. The first-order chi connectivity index (χ1) is 12.4. The maximum atomic E-state index is 11.8. The number of carbonyl (C=O) groups excluding carboxylic acids is 2. The van der Waals surface area contributed by atoms with Crippen LogP contribution in [0.4, 0.5) is 5.69 Å². The van der Waals surface area contributed by atoms with E-state index in [0.717, 1.165) is 16.7 Å². The van der Waals surface area contributed by atoms with Crippen molar-refractivity contribution in [1.29, 1.82) is 0 Å². The number of para-hydroxylation sites is 1. The minimum absolute atomic E-state index is 0.558. The molecule has 0 aromatic heterocycles. The summed E-state index contributed by atoms with van der Waals surface area (Å²) >= 11 is 0. The highest BCUT2D eigenvalue weighted by Crippen LogP contribution is 2.19. The largest absolute Gasteiger partial charge is 0.329 e. The predicted molar refractivity (Wildman–Crippen MR) is 108 cm³/mol. The Hall–Kier alpha value is -2.95. The molecule has 0 radical (unpaired) electrons. The summed E-state index contributed by atoms with van der Waals surface area (Å²) in [5.74, 6) is -1.57. The van der Waals surface area contributed by atoms with Crippen LogP contribution in [-0.4, -0.2) is 18.0 Å². The topological polar surface area (TPSA) is 70.6 Å². The fourth-order valence-electron chi connectivity index (χ4n) is 2.30. The molecule has 0 aliphatic rings. The molecular weight excluding hydrogens is 326 g/mol. The van der Waals surface area contributed by atoms with Crippen LogP contribution in [0.5, 0.6) is 0 Å². The minimum Gasteiger partial charge on any atom is -0.318 e. The van der Waals surface area contributed by atoms with E-state index in [-0.39, 0.29) is 0 Å². The second-order valence-electron chi connectivity index (χ2n) is 5.68. The van der Waals surface area contributed by atoms with Gasteiger partial charge in [0.2, 0.25) is 0 Å². The number of amides is 2. The van der Waals surface area contributed by atoms with Gasteiger partial charge in [0.05, 0.1) is 6.21 Å². The summed E-state index contributed by atoms with van der Waals surface area (Å²) in [7, 11) is 0. The molecule has 0 aliphatic heterocycles. The number of hydrazone groups is 1. The second kappa shape index (κ2) is 10.1. The molecule has 0 bridgehead atoms. The number of benzene rings is 2. The number of nitrogens with one attached hydrogen (secondary N) is 2. The number of anilines is 1. The maximum Gasteiger partial charge on any atom is 0.329 e. The van der Waals surface area contributed by atoms with Gasteiger partial charge in [-0.25, -0.2) is 5.43 Å². The van der Waals surface area contributed by atoms with E-state index in [4.69, 9.17) is 0 Å². The van der Waals surface area contributed by atoms with Crippen molar-refractivity contribution in [2.75, 3.05) is 5.32 Å². The first kappa shape index (κ1) is 21.1. The Kier molecular flexibility index (Phi) is 8.22. The summed E-state index contributed by atoms with van der Waals surface area (Å²) in [5, 5.41) is 6.39. The molecule has 5 heteroatoms. The molecule has 0 saturated carbocycles. The molecule has 0 fully saturated rings. The van der Waals surface area contributed by atoms with Crippen molar-refractivity contribution in [3.8, 4) is 0 Å². The third kappa shape index (κ3) is 5.55. The monoisotopic (exact) mass is 353 g/mol. The summed E-state index contributed by atoms with van der Waals surface area (Å²) in [4.78, 5) is 23.6. The first-order valence-electron chi connectivity index (χ1n) is 8.67. The van der Waals surface area contributed by atoms with E-state index in [1.54, 1.807) is 30.5 Å². The first-order valence-corrected chi connectivity index (χ1v) is 8.67. The standard InChI is InChI=1S/C19H21N3O2.C2H6/c1-12-10-16(15(4)14(3)13(12)2)11-20-22-19(24)18(23)21-17-8-6-5-7-9-17;1-2/h5-11H,1-4H3,(H,21,23)(H,22,24);1-2H3. The number of hydrogen-bond donors (Lipinski definition) is 2. The highest BCUT2D eigenvalue weighted by Gasteiger charge is 2.12. The molecule has 138 valence electrons. The summed E-state index contributed by atoms with van der Waals surface area (Å²) in [6.45, 7) is 12.2. The zero-order valence-corrected chi connectivity index (χ0v) is 16.3. The zero-order chi connectivity index (χ0) is 19.7. The third-order valence-corrected chi connectivity index (χ3v) is 4.13. The Morgan fingerprint density at radius 1 is 0.885 bits per heavy atom. The van der Waals surface area contributed by atoms with Gasteiger partial charge in [0.1, 0.15) is 0 Å². The molecule has 0 unspecified atom stereocenters. The molecular formula is C21H27N3O2. The molecule has 2 rings (SSSR count). The van der Waals surface area contributed by atoms with E-state index in [0.29, 0.717) is 5.69 Å². The zero-order valence-electron chi connectivity index (χ0n) is 16.3. The van der Waals surface area contributed by atoms with Gasteiger partial charge < -0.3 is 5.32 Å². The Balaban J connectivity index is 0.00000163. The van der Waals surface area contributed by atoms with E-state index in [9.17, 15) is 9.59 Å². The summed E-state index contributed by atoms with van der Waals surface area (Å²) < 4.78 is 0. The predicted octanol–water partition coefficient (Wildman–Crippen LogP) is 4.04. The van der Waals surface area contributed by atoms with Crippen LogP contribution in [0.15, 0.2) is 41.5 Å². The van der Waals surface area contributed by atoms with Crippen LogP contribution < -0.4 is 10.7 Å². The van der Waals surface area contributed by atoms with Gasteiger partial charge in [-0.05, 0) is 73.7 Å². The van der Waals surface area contributed by atoms with Crippen molar-refractivity contribution in [3.05, 3.63) is 64.2 Å². The average Bonchev–Trinajstić information content (AvgIpc) is 2.66. The van der Waals surface area contributed by atoms with Gasteiger partial charge in [-0.2, -0.15) is 5.10 Å². The second-order valence-corrected chi connectivity index (χ2v) is 5.68. The molecule has 0 aliphatic carbocycles. The Morgan fingerprint density at radius 3 is 2.12 bits per heavy atom. The smallest absolute Gasteiger partial charge is 0.318 e. The van der Waals surface area contributed by atoms with Crippen molar-refractivity contribution in [2.45, 2.75) is 41.5 Å². The number of aryl methyl sites for hydroxylation is 1. The lowest BCUT2D eigenvalue weighted by Gasteiger charge is -2.11. The molecule has 2 N–H and O–H groups in total. The van der Waals surface area contributed by atoms with Gasteiger partial charge in [0.25, 0.3) is 0 Å². The highest BCUT2D eigenvalue weighted by molar-refractivity contribution is 6.39. The highest BCUT2D eigenvalue weighted by atomic mass is 16.2. The van der Waals surface area contributed by atoms with Crippen LogP contribution in [0.3, 0.4) is 0 Å². The third-order valence-electron chi connectivity index (χ3n) is 4.13. The average molecular weight is 353 g/mol. The van der Waals surface area contributed by atoms with Gasteiger partial charge in [-0.3, -0.25) is 9.59 Å². The van der Waals surface area contributed by atoms with Crippen LogP contribution in [0.1, 0.15) is 41.7 Å². The molecule has 0 heterocycles. The molecule has 0 atom stereocenters. The van der Waals surface area contributed by atoms with Crippen molar-refractivity contribution < 1.29 is 9.59 Å². The number of carbonyl (C=O) groups is 2. The Morgan fingerprint density at radius 2 is 1.50 bits per heavy atom. The van der Waals surface area contributed by atoms with Crippen LogP contribution in [-0.2, 0) is 9.59 Å². The molecule has 5 nitrogen and oxygen atoms in total. The van der Waals surface area contributed by atoms with E-state index >= 15 is 0 Å². The van der Waals surface area contributed by atoms with Gasteiger partial charge in [-0.1, -0.05) is 32.0 Å². The van der Waals surface area contributed by atoms with Crippen LogP contribution in [0.2, 0.25) is 0 Å². The van der Waals surface area contributed by atoms with Crippen LogP contribution in [0, 0.1) is 27.7 Å². The van der Waals surface area contributed by atoms with Gasteiger partial charge in [0.15, 0.2) is 0 Å². The normalized spacial score (nSPS) is 10.1. The molecule has 2 amide bonds. The summed E-state index contributed by atoms with van der Waals surface area (Å²) in [6, 6.07) is 10.8. The van der Waals surface area contributed by atoms with Crippen molar-refractivity contribution in [1.82, 2.24) is 5.43 Å². The van der Waals surface area contributed by atoms with Crippen molar-refractivity contribution in [3.63, 3.8) is 0 Å². The van der Waals surface area contributed by atoms with Gasteiger partial charge in [0, 0.05) is 5.69 Å². The Labute approximate surface area is 155 Å². The van der Waals surface area contributed by atoms with Crippen LogP contribution >= 0.6 is 0 Å². The van der Waals surface area contributed by atoms with Gasteiger partial charge in [-0.15, -0.1) is 0 Å².